The molecule has 19 heteroatoms. The first-order chi connectivity index (χ1) is 49.2. The van der Waals surface area contributed by atoms with E-state index >= 15 is 0 Å². The molecule has 0 bridgehead atoms. The van der Waals surface area contributed by atoms with Crippen LogP contribution in [0.5, 0.6) is 0 Å². The summed E-state index contributed by atoms with van der Waals surface area (Å²) < 4.78 is 68.7. The monoisotopic (exact) mass is 1480 g/mol. The molecule has 0 fully saturated rings. The van der Waals surface area contributed by atoms with Gasteiger partial charge in [0.25, 0.3) is 0 Å². The third kappa shape index (κ3) is 76.1. The van der Waals surface area contributed by atoms with Gasteiger partial charge in [-0.05, 0) is 25.7 Å². The maximum absolute atomic E-state index is 13.1. The Balaban J connectivity index is 5.21. The summed E-state index contributed by atoms with van der Waals surface area (Å²) in [6, 6.07) is 0. The number of phosphoric ester groups is 2. The number of carbonyl (C=O) groups is 4. The highest BCUT2D eigenvalue weighted by molar-refractivity contribution is 7.47. The van der Waals surface area contributed by atoms with Crippen LogP contribution in [0.4, 0.5) is 0 Å². The molecule has 0 saturated carbocycles. The van der Waals surface area contributed by atoms with E-state index in [9.17, 15) is 43.2 Å². The van der Waals surface area contributed by atoms with Gasteiger partial charge in [0.05, 0.1) is 26.4 Å². The van der Waals surface area contributed by atoms with Crippen LogP contribution in [-0.4, -0.2) is 96.7 Å². The number of aliphatic hydroxyl groups is 1. The van der Waals surface area contributed by atoms with Crippen LogP contribution in [0.15, 0.2) is 0 Å². The number of unbranched alkanes of at least 4 members (excludes halogenated alkanes) is 57. The van der Waals surface area contributed by atoms with Crippen molar-refractivity contribution >= 4 is 39.5 Å². The first kappa shape index (κ1) is 99.1. The maximum atomic E-state index is 13.1. The molecule has 0 rings (SSSR count). The van der Waals surface area contributed by atoms with Crippen molar-refractivity contribution in [1.82, 2.24) is 0 Å². The van der Waals surface area contributed by atoms with Crippen molar-refractivity contribution < 1.29 is 80.2 Å². The number of esters is 4. The van der Waals surface area contributed by atoms with E-state index < -0.39 is 97.5 Å². The Morgan fingerprint density at radius 3 is 0.584 bits per heavy atom. The second-order valence-electron chi connectivity index (χ2n) is 29.5. The molecule has 0 aromatic heterocycles. The second-order valence-corrected chi connectivity index (χ2v) is 32.4. The van der Waals surface area contributed by atoms with Crippen LogP contribution in [0.2, 0.25) is 0 Å². The molecule has 0 aromatic rings. The Bertz CT molecular complexity index is 1910. The second kappa shape index (κ2) is 76.3. The highest BCUT2D eigenvalue weighted by atomic mass is 31.2. The Kier molecular flexibility index (Phi) is 74.8. The van der Waals surface area contributed by atoms with Gasteiger partial charge in [-0.3, -0.25) is 37.3 Å². The first-order valence-corrected chi connectivity index (χ1v) is 45.8. The molecule has 0 aliphatic carbocycles. The minimum absolute atomic E-state index is 0.108. The molecule has 0 amide bonds. The lowest BCUT2D eigenvalue weighted by Crippen LogP contribution is -2.30. The minimum atomic E-state index is -4.96. The van der Waals surface area contributed by atoms with Gasteiger partial charge in [-0.15, -0.1) is 0 Å². The van der Waals surface area contributed by atoms with Crippen molar-refractivity contribution in [3.05, 3.63) is 0 Å². The van der Waals surface area contributed by atoms with Gasteiger partial charge in [0.1, 0.15) is 19.3 Å². The topological polar surface area (TPSA) is 237 Å². The van der Waals surface area contributed by atoms with E-state index in [0.29, 0.717) is 25.7 Å². The average molecular weight is 1480 g/mol. The van der Waals surface area contributed by atoms with Crippen LogP contribution in [0.1, 0.15) is 445 Å². The number of hydrogen-bond acceptors (Lipinski definition) is 15. The van der Waals surface area contributed by atoms with Gasteiger partial charge in [-0.25, -0.2) is 9.13 Å². The summed E-state index contributed by atoms with van der Waals surface area (Å²) in [6.07, 6.45) is 69.4. The van der Waals surface area contributed by atoms with Crippen molar-refractivity contribution in [2.75, 3.05) is 39.6 Å². The number of phosphoric acid groups is 2. The van der Waals surface area contributed by atoms with Crippen molar-refractivity contribution in [2.24, 2.45) is 0 Å². The zero-order valence-corrected chi connectivity index (χ0v) is 67.7. The Morgan fingerprint density at radius 2 is 0.396 bits per heavy atom. The number of ether oxygens (including phenoxy) is 4. The Hall–Kier alpha value is -1.94. The third-order valence-electron chi connectivity index (χ3n) is 19.4. The van der Waals surface area contributed by atoms with E-state index in [2.05, 4.69) is 27.7 Å². The number of aliphatic hydroxyl groups excluding tert-OH is 1. The van der Waals surface area contributed by atoms with Crippen LogP contribution in [0.3, 0.4) is 0 Å². The highest BCUT2D eigenvalue weighted by Gasteiger charge is 2.30. The van der Waals surface area contributed by atoms with Crippen molar-refractivity contribution in [3.63, 3.8) is 0 Å². The Morgan fingerprint density at radius 1 is 0.238 bits per heavy atom. The molecular weight excluding hydrogens is 1320 g/mol. The van der Waals surface area contributed by atoms with Gasteiger partial charge < -0.3 is 33.8 Å². The molecule has 0 spiro atoms. The zero-order valence-electron chi connectivity index (χ0n) is 65.9. The van der Waals surface area contributed by atoms with Crippen LogP contribution in [0.25, 0.3) is 0 Å². The smallest absolute Gasteiger partial charge is 0.462 e. The lowest BCUT2D eigenvalue weighted by molar-refractivity contribution is -0.161. The summed E-state index contributed by atoms with van der Waals surface area (Å²) in [4.78, 5) is 73.0. The molecule has 2 unspecified atom stereocenters. The summed E-state index contributed by atoms with van der Waals surface area (Å²) in [6.45, 7) is 5.03. The quantitative estimate of drug-likeness (QED) is 0.0222. The summed E-state index contributed by atoms with van der Waals surface area (Å²) in [5, 5.41) is 10.6. The van der Waals surface area contributed by atoms with Crippen LogP contribution in [-0.2, 0) is 65.4 Å². The minimum Gasteiger partial charge on any atom is -0.462 e. The molecule has 0 aliphatic rings. The fourth-order valence-corrected chi connectivity index (χ4v) is 14.4. The number of carbonyl (C=O) groups excluding carboxylic acids is 4. The van der Waals surface area contributed by atoms with Crippen LogP contribution < -0.4 is 0 Å². The normalized spacial score (nSPS) is 13.8. The van der Waals surface area contributed by atoms with Crippen molar-refractivity contribution in [1.29, 1.82) is 0 Å². The Labute approximate surface area is 619 Å². The largest absolute Gasteiger partial charge is 0.472 e. The molecule has 600 valence electrons. The van der Waals surface area contributed by atoms with Gasteiger partial charge in [0.15, 0.2) is 12.2 Å². The number of rotatable bonds is 83. The number of hydrogen-bond donors (Lipinski definition) is 3. The predicted octanol–water partition coefficient (Wildman–Crippen LogP) is 25.0. The van der Waals surface area contributed by atoms with Gasteiger partial charge in [-0.1, -0.05) is 394 Å². The van der Waals surface area contributed by atoms with Gasteiger partial charge in [0.2, 0.25) is 0 Å². The third-order valence-corrected chi connectivity index (χ3v) is 21.3. The van der Waals surface area contributed by atoms with Crippen molar-refractivity contribution in [2.45, 2.75) is 463 Å². The van der Waals surface area contributed by atoms with Gasteiger partial charge >= 0.3 is 39.5 Å². The fourth-order valence-electron chi connectivity index (χ4n) is 12.8. The first-order valence-electron chi connectivity index (χ1n) is 42.8. The summed E-state index contributed by atoms with van der Waals surface area (Å²) in [7, 11) is -9.92. The molecular formula is C82H160O17P2. The lowest BCUT2D eigenvalue weighted by atomic mass is 10.0. The zero-order chi connectivity index (χ0) is 73.9. The highest BCUT2D eigenvalue weighted by Crippen LogP contribution is 2.45. The molecule has 0 radical (unpaired) electrons. The SMILES string of the molecule is CCCCCCCCCCCCCCCCCCCCCCCC(=O)O[C@H](COC(=O)CCCCCCCCCCCCCCCCCCC)COP(=O)(O)OC[C@@H](O)COP(=O)(O)OC[C@@H](COC(=O)CCCCCCCCCCCCC)OC(=O)CCCCCCCCCCCCCC. The van der Waals surface area contributed by atoms with Crippen molar-refractivity contribution in [3.8, 4) is 0 Å². The van der Waals surface area contributed by atoms with E-state index in [1.54, 1.807) is 0 Å². The van der Waals surface area contributed by atoms with Crippen LogP contribution >= 0.6 is 15.6 Å². The van der Waals surface area contributed by atoms with E-state index in [1.165, 1.54) is 276 Å². The summed E-state index contributed by atoms with van der Waals surface area (Å²) >= 11 is 0. The standard InChI is InChI=1S/C82H160O17P2/c1-5-9-13-17-21-25-29-32-34-36-37-38-39-41-43-45-49-53-57-61-65-69-82(87)99-78(73-93-80(85)67-63-59-55-51-48-44-42-40-35-33-30-26-22-18-14-10-6-2)75-97-101(90,91)95-71-76(83)70-94-100(88,89)96-74-77(72-92-79(84)66-62-58-54-50-46-28-24-20-16-12-8-4)98-81(86)68-64-60-56-52-47-31-27-23-19-15-11-7-3/h76-78,83H,5-75H2,1-4H3,(H,88,89)(H,90,91)/t76-,77+,78+/m0/s1. The molecule has 3 N–H and O–H groups in total. The van der Waals surface area contributed by atoms with Crippen LogP contribution in [0, 0.1) is 0 Å². The fraction of sp³-hybridized carbons (Fsp3) is 0.951. The van der Waals surface area contributed by atoms with E-state index in [4.69, 9.17) is 37.0 Å². The van der Waals surface area contributed by atoms with Gasteiger partial charge in [-0.2, -0.15) is 0 Å². The van der Waals surface area contributed by atoms with E-state index in [0.717, 1.165) is 89.9 Å². The molecule has 101 heavy (non-hydrogen) atoms. The molecule has 5 atom stereocenters. The molecule has 17 nitrogen and oxygen atoms in total. The molecule has 0 heterocycles. The van der Waals surface area contributed by atoms with Gasteiger partial charge in [0, 0.05) is 25.7 Å². The predicted molar refractivity (Wildman–Crippen MR) is 414 cm³/mol. The molecule has 0 aliphatic heterocycles. The van der Waals surface area contributed by atoms with E-state index in [1.807, 2.05) is 0 Å². The average Bonchev–Trinajstić information content (AvgIpc) is 0.967. The summed E-state index contributed by atoms with van der Waals surface area (Å²) in [5.41, 5.74) is 0. The van der Waals surface area contributed by atoms with E-state index in [-0.39, 0.29) is 25.7 Å². The summed E-state index contributed by atoms with van der Waals surface area (Å²) in [5.74, 6) is -2.10. The maximum Gasteiger partial charge on any atom is 0.472 e. The molecule has 0 aromatic carbocycles. The molecule has 0 saturated heterocycles. The lowest BCUT2D eigenvalue weighted by Gasteiger charge is -2.21.